The summed E-state index contributed by atoms with van der Waals surface area (Å²) in [7, 11) is 1.77. The van der Waals surface area contributed by atoms with Crippen LogP contribution in [0.2, 0.25) is 0 Å². The van der Waals surface area contributed by atoms with E-state index in [4.69, 9.17) is 10.5 Å². The van der Waals surface area contributed by atoms with Gasteiger partial charge in [0, 0.05) is 37.3 Å². The van der Waals surface area contributed by atoms with Crippen LogP contribution in [-0.2, 0) is 18.4 Å². The zero-order valence-corrected chi connectivity index (χ0v) is 25.3. The summed E-state index contributed by atoms with van der Waals surface area (Å²) in [6.07, 6.45) is 5.01. The number of nitrogen functional groups attached to an aromatic ring is 1. The highest BCUT2D eigenvalue weighted by Gasteiger charge is 2.25. The summed E-state index contributed by atoms with van der Waals surface area (Å²) in [6.45, 7) is 3.45. The smallest absolute Gasteiger partial charge is 0.410 e. The van der Waals surface area contributed by atoms with E-state index in [1.807, 2.05) is 73.8 Å². The SMILES string of the molecule is Cc1ncc(-c2ccc3ncc4c(c3c2)n(-c2ccc(C3CCN(C(=O)OCc5ccccc5)CC3)cc2)c(=O)n4C)cc1N. The first kappa shape index (κ1) is 28.3. The summed E-state index contributed by atoms with van der Waals surface area (Å²) < 4.78 is 8.94. The van der Waals surface area contributed by atoms with Crippen LogP contribution in [0.15, 0.2) is 96.1 Å². The van der Waals surface area contributed by atoms with E-state index in [-0.39, 0.29) is 18.4 Å². The highest BCUT2D eigenvalue weighted by atomic mass is 16.6. The number of carbonyl (C=O) groups is 1. The van der Waals surface area contributed by atoms with Crippen LogP contribution in [-0.4, -0.2) is 43.2 Å². The molecule has 0 spiro atoms. The van der Waals surface area contributed by atoms with Gasteiger partial charge < -0.3 is 15.4 Å². The molecule has 9 nitrogen and oxygen atoms in total. The average Bonchev–Trinajstić information content (AvgIpc) is 3.34. The monoisotopic (exact) mass is 598 g/mol. The number of likely N-dealkylation sites (tertiary alicyclic amines) is 1. The van der Waals surface area contributed by atoms with Crippen LogP contribution in [0.25, 0.3) is 38.8 Å². The molecule has 1 aliphatic rings. The quantitative estimate of drug-likeness (QED) is 0.248. The van der Waals surface area contributed by atoms with Crippen molar-refractivity contribution in [2.24, 2.45) is 7.05 Å². The van der Waals surface area contributed by atoms with Crippen molar-refractivity contribution in [3.63, 3.8) is 0 Å². The molecule has 0 bridgehead atoms. The fourth-order valence-electron chi connectivity index (χ4n) is 6.23. The third kappa shape index (κ3) is 5.31. The molecule has 45 heavy (non-hydrogen) atoms. The van der Waals surface area contributed by atoms with Crippen molar-refractivity contribution in [3.8, 4) is 16.8 Å². The summed E-state index contributed by atoms with van der Waals surface area (Å²) in [5.41, 5.74) is 14.6. The number of piperidine rings is 1. The summed E-state index contributed by atoms with van der Waals surface area (Å²) in [5, 5.41) is 0.873. The third-order valence-corrected chi connectivity index (χ3v) is 8.92. The van der Waals surface area contributed by atoms with Gasteiger partial charge in [0.25, 0.3) is 0 Å². The maximum absolute atomic E-state index is 13.6. The number of nitrogens with two attached hydrogens (primary N) is 1. The Morgan fingerprint density at radius 1 is 0.933 bits per heavy atom. The number of ether oxygens (including phenoxy) is 1. The average molecular weight is 599 g/mol. The van der Waals surface area contributed by atoms with E-state index in [0.29, 0.717) is 24.7 Å². The van der Waals surface area contributed by atoms with E-state index in [2.05, 4.69) is 28.2 Å². The fraction of sp³-hybridized carbons (Fsp3) is 0.222. The Kier molecular flexibility index (Phi) is 7.29. The number of hydrogen-bond donors (Lipinski definition) is 1. The second-order valence-corrected chi connectivity index (χ2v) is 11.7. The van der Waals surface area contributed by atoms with Gasteiger partial charge in [-0.25, -0.2) is 9.59 Å². The molecule has 1 fully saturated rings. The van der Waals surface area contributed by atoms with Gasteiger partial charge in [0.15, 0.2) is 0 Å². The van der Waals surface area contributed by atoms with Gasteiger partial charge >= 0.3 is 11.8 Å². The number of aryl methyl sites for hydroxylation is 2. The first-order chi connectivity index (χ1) is 21.9. The number of anilines is 1. The molecule has 4 heterocycles. The first-order valence-electron chi connectivity index (χ1n) is 15.2. The van der Waals surface area contributed by atoms with Gasteiger partial charge in [-0.3, -0.25) is 19.1 Å². The van der Waals surface area contributed by atoms with E-state index in [9.17, 15) is 9.59 Å². The Hall–Kier alpha value is -5.44. The largest absolute Gasteiger partial charge is 0.445 e. The van der Waals surface area contributed by atoms with Crippen LogP contribution < -0.4 is 11.4 Å². The Morgan fingerprint density at radius 3 is 2.42 bits per heavy atom. The van der Waals surface area contributed by atoms with E-state index in [0.717, 1.165) is 62.8 Å². The van der Waals surface area contributed by atoms with Gasteiger partial charge in [0.2, 0.25) is 0 Å². The molecule has 2 N–H and O–H groups in total. The zero-order chi connectivity index (χ0) is 31.1. The molecule has 0 saturated carbocycles. The van der Waals surface area contributed by atoms with E-state index >= 15 is 0 Å². The third-order valence-electron chi connectivity index (χ3n) is 8.92. The molecule has 6 aromatic rings. The highest BCUT2D eigenvalue weighted by Crippen LogP contribution is 2.32. The molecule has 3 aromatic carbocycles. The Labute approximate surface area is 260 Å². The number of amides is 1. The minimum atomic E-state index is -0.269. The van der Waals surface area contributed by atoms with Crippen LogP contribution >= 0.6 is 0 Å². The second-order valence-electron chi connectivity index (χ2n) is 11.7. The molecule has 0 aliphatic carbocycles. The molecule has 9 heteroatoms. The molecule has 0 unspecified atom stereocenters. The number of carbonyl (C=O) groups excluding carboxylic acids is 1. The fourth-order valence-corrected chi connectivity index (χ4v) is 6.23. The predicted octanol–water partition coefficient (Wildman–Crippen LogP) is 6.35. The van der Waals surface area contributed by atoms with E-state index in [1.165, 1.54) is 5.56 Å². The molecule has 1 saturated heterocycles. The standard InChI is InChI=1S/C36H34N6O3/c1-23-31(37)19-28(20-38-23)27-10-13-32-30(18-27)34-33(21-39-32)40(2)35(43)42(34)29-11-8-25(9-12-29)26-14-16-41(17-15-26)36(44)45-22-24-6-4-3-5-7-24/h3-13,18-21,26H,14-17,22,37H2,1-2H3. The lowest BCUT2D eigenvalue weighted by Gasteiger charge is -2.31. The Bertz CT molecular complexity index is 2090. The van der Waals surface area contributed by atoms with Crippen LogP contribution in [0, 0.1) is 6.92 Å². The van der Waals surface area contributed by atoms with Gasteiger partial charge in [0.05, 0.1) is 39.8 Å². The molecule has 3 aromatic heterocycles. The lowest BCUT2D eigenvalue weighted by Crippen LogP contribution is -2.38. The lowest BCUT2D eigenvalue weighted by atomic mass is 9.89. The van der Waals surface area contributed by atoms with Crippen molar-refractivity contribution < 1.29 is 9.53 Å². The molecule has 0 radical (unpaired) electrons. The second kappa shape index (κ2) is 11.6. The summed E-state index contributed by atoms with van der Waals surface area (Å²) in [4.78, 5) is 37.1. The summed E-state index contributed by atoms with van der Waals surface area (Å²) in [6, 6.07) is 25.9. The molecular weight excluding hydrogens is 564 g/mol. The number of imidazole rings is 1. The van der Waals surface area contributed by atoms with E-state index < -0.39 is 0 Å². The molecule has 7 rings (SSSR count). The van der Waals surface area contributed by atoms with Gasteiger partial charge in [-0.1, -0.05) is 48.5 Å². The van der Waals surface area contributed by atoms with Gasteiger partial charge in [-0.15, -0.1) is 0 Å². The van der Waals surface area contributed by atoms with Crippen LogP contribution in [0.4, 0.5) is 10.5 Å². The van der Waals surface area contributed by atoms with Crippen molar-refractivity contribution in [2.45, 2.75) is 32.3 Å². The van der Waals surface area contributed by atoms with Crippen molar-refractivity contribution in [1.82, 2.24) is 24.0 Å². The number of nitrogens with zero attached hydrogens (tertiary/aromatic N) is 5. The maximum atomic E-state index is 13.6. The normalized spacial score (nSPS) is 13.9. The van der Waals surface area contributed by atoms with Crippen molar-refractivity contribution in [1.29, 1.82) is 0 Å². The van der Waals surface area contributed by atoms with Crippen LogP contribution in [0.5, 0.6) is 0 Å². The molecular formula is C36H34N6O3. The molecule has 1 amide bonds. The minimum absolute atomic E-state index is 0.138. The van der Waals surface area contributed by atoms with Gasteiger partial charge in [0.1, 0.15) is 6.61 Å². The number of pyridine rings is 2. The molecule has 1 aliphatic heterocycles. The van der Waals surface area contributed by atoms with E-state index in [1.54, 1.807) is 27.3 Å². The number of fused-ring (bicyclic) bond motifs is 3. The Balaban J connectivity index is 1.14. The number of rotatable bonds is 5. The zero-order valence-electron chi connectivity index (χ0n) is 25.3. The Morgan fingerprint density at radius 2 is 1.69 bits per heavy atom. The summed E-state index contributed by atoms with van der Waals surface area (Å²) >= 11 is 0. The molecule has 0 atom stereocenters. The number of aromatic nitrogens is 4. The van der Waals surface area contributed by atoms with Gasteiger partial charge in [-0.2, -0.15) is 0 Å². The van der Waals surface area contributed by atoms with Gasteiger partial charge in [-0.05, 0) is 72.7 Å². The predicted molar refractivity (Wildman–Crippen MR) is 176 cm³/mol. The van der Waals surface area contributed by atoms with Crippen LogP contribution in [0.3, 0.4) is 0 Å². The maximum Gasteiger partial charge on any atom is 0.410 e. The summed E-state index contributed by atoms with van der Waals surface area (Å²) in [5.74, 6) is 0.324. The number of benzene rings is 3. The van der Waals surface area contributed by atoms with Crippen molar-refractivity contribution >= 4 is 33.7 Å². The topological polar surface area (TPSA) is 108 Å². The van der Waals surface area contributed by atoms with Crippen molar-refractivity contribution in [2.75, 3.05) is 18.8 Å². The first-order valence-corrected chi connectivity index (χ1v) is 15.2. The number of hydrogen-bond acceptors (Lipinski definition) is 6. The molecule has 226 valence electrons. The van der Waals surface area contributed by atoms with Crippen molar-refractivity contribution in [3.05, 3.63) is 119 Å². The lowest BCUT2D eigenvalue weighted by molar-refractivity contribution is 0.0870. The minimum Gasteiger partial charge on any atom is -0.445 e. The van der Waals surface area contributed by atoms with Crippen LogP contribution in [0.1, 0.15) is 35.6 Å². The highest BCUT2D eigenvalue weighted by molar-refractivity contribution is 6.04.